The molecule has 5 nitrogen and oxygen atoms in total. The third kappa shape index (κ3) is 23.6. The van der Waals surface area contributed by atoms with Gasteiger partial charge in [-0.2, -0.15) is 0 Å². The lowest BCUT2D eigenvalue weighted by Crippen LogP contribution is -2.37. The van der Waals surface area contributed by atoms with Crippen LogP contribution in [0.1, 0.15) is 122 Å². The molecule has 0 amide bonds. The van der Waals surface area contributed by atoms with Crippen molar-refractivity contribution in [3.8, 4) is 0 Å². The van der Waals surface area contributed by atoms with Crippen molar-refractivity contribution in [3.05, 3.63) is 0 Å². The van der Waals surface area contributed by atoms with Gasteiger partial charge in [0.25, 0.3) is 0 Å². The molecular formula is C23H48AlNO4. The molecule has 1 unspecified atom stereocenters. The molecule has 0 spiro atoms. The van der Waals surface area contributed by atoms with Gasteiger partial charge in [-0.05, 0) is 19.4 Å². The van der Waals surface area contributed by atoms with Crippen molar-refractivity contribution in [2.24, 2.45) is 0 Å². The van der Waals surface area contributed by atoms with Crippen LogP contribution in [0, 0.1) is 0 Å². The van der Waals surface area contributed by atoms with Crippen molar-refractivity contribution in [2.75, 3.05) is 6.54 Å². The Hall–Kier alpha value is -0.568. The molecule has 0 fully saturated rings. The molecule has 0 bridgehead atoms. The average Bonchev–Trinajstić information content (AvgIpc) is 2.66. The molecule has 1 atom stereocenters. The fourth-order valence-electron chi connectivity index (χ4n) is 3.53. The maximum absolute atomic E-state index is 11.1. The van der Waals surface area contributed by atoms with Crippen LogP contribution >= 0.6 is 0 Å². The lowest BCUT2D eigenvalue weighted by atomic mass is 10.0. The van der Waals surface area contributed by atoms with Crippen molar-refractivity contribution in [1.29, 1.82) is 0 Å². The Balaban J connectivity index is 0. The molecule has 172 valence electrons. The minimum absolute atomic E-state index is 0. The Morgan fingerprint density at radius 3 is 1.41 bits per heavy atom. The molecule has 0 aliphatic rings. The van der Waals surface area contributed by atoms with Gasteiger partial charge >= 0.3 is 11.9 Å². The van der Waals surface area contributed by atoms with E-state index >= 15 is 0 Å². The van der Waals surface area contributed by atoms with E-state index in [-0.39, 0.29) is 30.2 Å². The van der Waals surface area contributed by atoms with Gasteiger partial charge in [0, 0.05) is 6.42 Å². The quantitative estimate of drug-likeness (QED) is 0.167. The Bertz CT molecular complexity index is 380. The van der Waals surface area contributed by atoms with Crippen LogP contribution in [0.5, 0.6) is 0 Å². The van der Waals surface area contributed by atoms with Crippen LogP contribution in [-0.2, 0) is 9.59 Å². The number of aliphatic carboxylic acids is 2. The number of carboxylic acid groups (broad SMARTS) is 2. The van der Waals surface area contributed by atoms with E-state index in [9.17, 15) is 9.59 Å². The largest absolute Gasteiger partial charge is 0.481 e. The standard InChI is InChI=1S/C23H45NO4.Al.3H/c1-2-3-4-5-6-7-8-9-10-11-12-13-14-15-16-17-20-24-21(23(27)28)18-19-22(25)26;;;;/h21,24H,2-20H2,1H3,(H,25,26)(H,27,28);;;;. The van der Waals surface area contributed by atoms with Crippen molar-refractivity contribution >= 4 is 29.3 Å². The topological polar surface area (TPSA) is 86.6 Å². The number of rotatable bonds is 22. The second-order valence-corrected chi connectivity index (χ2v) is 8.08. The predicted molar refractivity (Wildman–Crippen MR) is 126 cm³/mol. The van der Waals surface area contributed by atoms with E-state index in [0.29, 0.717) is 6.54 Å². The van der Waals surface area contributed by atoms with Crippen molar-refractivity contribution in [2.45, 2.75) is 129 Å². The van der Waals surface area contributed by atoms with Gasteiger partial charge in [-0.25, -0.2) is 0 Å². The van der Waals surface area contributed by atoms with Gasteiger partial charge in [0.05, 0.1) is 0 Å². The van der Waals surface area contributed by atoms with Gasteiger partial charge in [-0.3, -0.25) is 9.59 Å². The van der Waals surface area contributed by atoms with Crippen LogP contribution in [0.25, 0.3) is 0 Å². The lowest BCUT2D eigenvalue weighted by Gasteiger charge is -2.13. The monoisotopic (exact) mass is 429 g/mol. The summed E-state index contributed by atoms with van der Waals surface area (Å²) in [4.78, 5) is 21.6. The molecule has 0 saturated carbocycles. The van der Waals surface area contributed by atoms with Crippen LogP contribution < -0.4 is 5.32 Å². The molecule has 0 aliphatic heterocycles. The van der Waals surface area contributed by atoms with Gasteiger partial charge in [-0.1, -0.05) is 103 Å². The third-order valence-corrected chi connectivity index (χ3v) is 5.37. The van der Waals surface area contributed by atoms with Crippen molar-refractivity contribution < 1.29 is 19.8 Å². The Morgan fingerprint density at radius 1 is 0.690 bits per heavy atom. The van der Waals surface area contributed by atoms with Crippen molar-refractivity contribution in [3.63, 3.8) is 0 Å². The second kappa shape index (κ2) is 23.7. The third-order valence-electron chi connectivity index (χ3n) is 5.37. The molecule has 0 radical (unpaired) electrons. The fraction of sp³-hybridized carbons (Fsp3) is 0.913. The van der Waals surface area contributed by atoms with Gasteiger partial charge in [0.15, 0.2) is 17.4 Å². The summed E-state index contributed by atoms with van der Waals surface area (Å²) < 4.78 is 0. The highest BCUT2D eigenvalue weighted by Gasteiger charge is 2.17. The van der Waals surface area contributed by atoms with E-state index in [1.165, 1.54) is 89.9 Å². The highest BCUT2D eigenvalue weighted by atomic mass is 27.0. The first-order valence-corrected chi connectivity index (χ1v) is 11.8. The maximum Gasteiger partial charge on any atom is 0.320 e. The summed E-state index contributed by atoms with van der Waals surface area (Å²) >= 11 is 0. The molecule has 0 aromatic rings. The normalized spacial score (nSPS) is 11.8. The summed E-state index contributed by atoms with van der Waals surface area (Å²) in [5, 5.41) is 20.7. The molecule has 0 aliphatic carbocycles. The second-order valence-electron chi connectivity index (χ2n) is 8.08. The Kier molecular flexibility index (Phi) is 25.0. The molecule has 0 heterocycles. The van der Waals surface area contributed by atoms with Crippen LogP contribution in [0.4, 0.5) is 0 Å². The molecule has 0 aromatic heterocycles. The summed E-state index contributed by atoms with van der Waals surface area (Å²) in [5.74, 6) is -1.91. The highest BCUT2D eigenvalue weighted by Crippen LogP contribution is 2.13. The summed E-state index contributed by atoms with van der Waals surface area (Å²) in [7, 11) is 0. The zero-order chi connectivity index (χ0) is 20.9. The predicted octanol–water partition coefficient (Wildman–Crippen LogP) is 4.97. The SMILES string of the molecule is CCCCCCCCCCCCCCCCCCNC(CCC(=O)O)C(=O)O.[AlH3]. The zero-order valence-corrected chi connectivity index (χ0v) is 18.2. The Labute approximate surface area is 189 Å². The van der Waals surface area contributed by atoms with Gasteiger partial charge in [-0.15, -0.1) is 0 Å². The van der Waals surface area contributed by atoms with E-state index in [2.05, 4.69) is 12.2 Å². The number of unbranched alkanes of at least 4 members (excludes halogenated alkanes) is 15. The minimum Gasteiger partial charge on any atom is -0.481 e. The van der Waals surface area contributed by atoms with E-state index in [1.807, 2.05) is 0 Å². The van der Waals surface area contributed by atoms with E-state index in [1.54, 1.807) is 0 Å². The molecule has 0 rings (SSSR count). The minimum atomic E-state index is -0.960. The van der Waals surface area contributed by atoms with Crippen LogP contribution in [-0.4, -0.2) is 52.1 Å². The van der Waals surface area contributed by atoms with E-state index < -0.39 is 18.0 Å². The first-order valence-electron chi connectivity index (χ1n) is 11.8. The molecule has 0 saturated heterocycles. The highest BCUT2D eigenvalue weighted by molar-refractivity contribution is 5.75. The van der Waals surface area contributed by atoms with Crippen LogP contribution in [0.15, 0.2) is 0 Å². The summed E-state index contributed by atoms with van der Waals surface area (Å²) in [6.07, 6.45) is 21.1. The van der Waals surface area contributed by atoms with Gasteiger partial charge < -0.3 is 15.5 Å². The summed E-state index contributed by atoms with van der Waals surface area (Å²) in [5.41, 5.74) is 0. The van der Waals surface area contributed by atoms with Crippen molar-refractivity contribution in [1.82, 2.24) is 5.32 Å². The number of carboxylic acids is 2. The summed E-state index contributed by atoms with van der Waals surface area (Å²) in [6, 6.07) is -0.743. The van der Waals surface area contributed by atoms with Gasteiger partial charge in [0.2, 0.25) is 0 Å². The number of hydrogen-bond donors (Lipinski definition) is 3. The molecular weight excluding hydrogens is 381 g/mol. The lowest BCUT2D eigenvalue weighted by molar-refractivity contribution is -0.140. The molecule has 0 aromatic carbocycles. The number of hydrogen-bond acceptors (Lipinski definition) is 3. The Morgan fingerprint density at radius 2 is 1.07 bits per heavy atom. The fourth-order valence-corrected chi connectivity index (χ4v) is 3.53. The molecule has 3 N–H and O–H groups in total. The average molecular weight is 430 g/mol. The van der Waals surface area contributed by atoms with Crippen LogP contribution in [0.2, 0.25) is 0 Å². The van der Waals surface area contributed by atoms with E-state index in [0.717, 1.165) is 12.8 Å². The first kappa shape index (κ1) is 30.6. The number of nitrogens with one attached hydrogen (secondary N) is 1. The van der Waals surface area contributed by atoms with E-state index in [4.69, 9.17) is 10.2 Å². The summed E-state index contributed by atoms with van der Waals surface area (Å²) in [6.45, 7) is 2.91. The maximum atomic E-state index is 11.1. The van der Waals surface area contributed by atoms with Crippen LogP contribution in [0.3, 0.4) is 0 Å². The zero-order valence-electron chi connectivity index (χ0n) is 18.2. The first-order chi connectivity index (χ1) is 13.6. The van der Waals surface area contributed by atoms with Gasteiger partial charge in [0.1, 0.15) is 6.04 Å². The molecule has 6 heteroatoms. The molecule has 29 heavy (non-hydrogen) atoms. The smallest absolute Gasteiger partial charge is 0.320 e. The number of carbonyl (C=O) groups is 2.